The van der Waals surface area contributed by atoms with Gasteiger partial charge in [-0.15, -0.1) is 5.10 Å². The minimum absolute atomic E-state index is 0.266. The van der Waals surface area contributed by atoms with Gasteiger partial charge in [0.1, 0.15) is 6.33 Å². The Morgan fingerprint density at radius 3 is 2.65 bits per heavy atom. The first-order valence-corrected chi connectivity index (χ1v) is 7.00. The van der Waals surface area contributed by atoms with E-state index in [1.54, 1.807) is 17.1 Å². The molecule has 6 heteroatoms. The Morgan fingerprint density at radius 2 is 1.90 bits per heavy atom. The van der Waals surface area contributed by atoms with Crippen LogP contribution in [-0.2, 0) is 0 Å². The SMILES string of the molecule is Nc1cc(I)ccc1Oc1ncn(-c2ccccc2)n1. The van der Waals surface area contributed by atoms with E-state index in [-0.39, 0.29) is 6.01 Å². The Kier molecular flexibility index (Phi) is 3.55. The summed E-state index contributed by atoms with van der Waals surface area (Å²) in [4.78, 5) is 4.12. The lowest BCUT2D eigenvalue weighted by Gasteiger charge is -2.04. The van der Waals surface area contributed by atoms with Crippen molar-refractivity contribution < 1.29 is 4.74 Å². The fourth-order valence-electron chi connectivity index (χ4n) is 1.71. The topological polar surface area (TPSA) is 66.0 Å². The summed E-state index contributed by atoms with van der Waals surface area (Å²) in [6.45, 7) is 0. The fourth-order valence-corrected chi connectivity index (χ4v) is 2.23. The number of nitrogen functional groups attached to an aromatic ring is 1. The number of hydrogen-bond acceptors (Lipinski definition) is 4. The number of para-hydroxylation sites is 1. The zero-order chi connectivity index (χ0) is 13.9. The second-order valence-electron chi connectivity index (χ2n) is 4.09. The molecule has 0 aliphatic heterocycles. The number of anilines is 1. The molecule has 3 aromatic rings. The van der Waals surface area contributed by atoms with Crippen molar-refractivity contribution in [3.05, 3.63) is 58.4 Å². The minimum atomic E-state index is 0.266. The van der Waals surface area contributed by atoms with Gasteiger partial charge in [0.25, 0.3) is 0 Å². The van der Waals surface area contributed by atoms with Gasteiger partial charge < -0.3 is 10.5 Å². The summed E-state index contributed by atoms with van der Waals surface area (Å²) < 4.78 is 8.30. The van der Waals surface area contributed by atoms with Gasteiger partial charge in [-0.1, -0.05) is 18.2 Å². The standard InChI is InChI=1S/C14H11IN4O/c15-10-6-7-13(12(16)8-10)20-14-17-9-19(18-14)11-4-2-1-3-5-11/h1-9H,16H2. The van der Waals surface area contributed by atoms with Gasteiger partial charge in [0.2, 0.25) is 0 Å². The van der Waals surface area contributed by atoms with Crippen LogP contribution in [0, 0.1) is 3.57 Å². The van der Waals surface area contributed by atoms with Crippen LogP contribution in [0.3, 0.4) is 0 Å². The highest BCUT2D eigenvalue weighted by Gasteiger charge is 2.07. The Balaban J connectivity index is 1.84. The molecule has 0 atom stereocenters. The average molecular weight is 378 g/mol. The Bertz CT molecular complexity index is 727. The first kappa shape index (κ1) is 12.9. The zero-order valence-electron chi connectivity index (χ0n) is 10.4. The van der Waals surface area contributed by atoms with Crippen LogP contribution in [0.2, 0.25) is 0 Å². The van der Waals surface area contributed by atoms with Gasteiger partial charge >= 0.3 is 6.01 Å². The Labute approximate surface area is 129 Å². The maximum Gasteiger partial charge on any atom is 0.341 e. The molecule has 2 aromatic carbocycles. The van der Waals surface area contributed by atoms with Crippen LogP contribution in [0.4, 0.5) is 5.69 Å². The molecule has 2 N–H and O–H groups in total. The molecule has 0 spiro atoms. The van der Waals surface area contributed by atoms with Gasteiger partial charge in [0.15, 0.2) is 5.75 Å². The Morgan fingerprint density at radius 1 is 1.10 bits per heavy atom. The van der Waals surface area contributed by atoms with Gasteiger partial charge in [0, 0.05) is 3.57 Å². The van der Waals surface area contributed by atoms with Crippen molar-refractivity contribution in [2.75, 3.05) is 5.73 Å². The van der Waals surface area contributed by atoms with E-state index in [9.17, 15) is 0 Å². The van der Waals surface area contributed by atoms with Crippen LogP contribution >= 0.6 is 22.6 Å². The number of halogens is 1. The van der Waals surface area contributed by atoms with Gasteiger partial charge in [-0.25, -0.2) is 4.68 Å². The fraction of sp³-hybridized carbons (Fsp3) is 0. The van der Waals surface area contributed by atoms with Crippen LogP contribution in [0.25, 0.3) is 5.69 Å². The number of benzene rings is 2. The van der Waals surface area contributed by atoms with Crippen molar-refractivity contribution in [3.8, 4) is 17.4 Å². The highest BCUT2D eigenvalue weighted by atomic mass is 127. The van der Waals surface area contributed by atoms with Crippen molar-refractivity contribution in [3.63, 3.8) is 0 Å². The van der Waals surface area contributed by atoms with Crippen molar-refractivity contribution in [1.29, 1.82) is 0 Å². The van der Waals surface area contributed by atoms with Crippen LogP contribution in [0.15, 0.2) is 54.9 Å². The third kappa shape index (κ3) is 2.74. The number of nitrogens with two attached hydrogens (primary N) is 1. The molecule has 0 aliphatic carbocycles. The monoisotopic (exact) mass is 378 g/mol. The van der Waals surface area contributed by atoms with Crippen LogP contribution in [0.1, 0.15) is 0 Å². The molecular formula is C14H11IN4O. The maximum atomic E-state index is 5.89. The van der Waals surface area contributed by atoms with E-state index in [1.807, 2.05) is 42.5 Å². The van der Waals surface area contributed by atoms with Gasteiger partial charge in [-0.05, 0) is 52.9 Å². The van der Waals surface area contributed by atoms with E-state index in [2.05, 4.69) is 32.7 Å². The Hall–Kier alpha value is -2.09. The quantitative estimate of drug-likeness (QED) is 0.561. The van der Waals surface area contributed by atoms with Crippen molar-refractivity contribution in [2.45, 2.75) is 0 Å². The molecule has 5 nitrogen and oxygen atoms in total. The third-order valence-electron chi connectivity index (χ3n) is 2.66. The highest BCUT2D eigenvalue weighted by Crippen LogP contribution is 2.26. The summed E-state index contributed by atoms with van der Waals surface area (Å²) in [5, 5.41) is 4.27. The largest absolute Gasteiger partial charge is 0.421 e. The molecule has 0 fully saturated rings. The van der Waals surface area contributed by atoms with E-state index >= 15 is 0 Å². The molecule has 0 unspecified atom stereocenters. The number of ether oxygens (including phenoxy) is 1. The second-order valence-corrected chi connectivity index (χ2v) is 5.34. The number of nitrogens with zero attached hydrogens (tertiary/aromatic N) is 3. The van der Waals surface area contributed by atoms with E-state index in [0.717, 1.165) is 9.26 Å². The molecule has 1 heterocycles. The van der Waals surface area contributed by atoms with Gasteiger partial charge in [-0.3, -0.25) is 0 Å². The molecule has 0 radical (unpaired) electrons. The molecule has 3 rings (SSSR count). The molecule has 0 bridgehead atoms. The third-order valence-corrected chi connectivity index (χ3v) is 3.34. The lowest BCUT2D eigenvalue weighted by Crippen LogP contribution is -1.96. The van der Waals surface area contributed by atoms with Gasteiger partial charge in [0.05, 0.1) is 11.4 Å². The zero-order valence-corrected chi connectivity index (χ0v) is 12.6. The molecule has 0 aliphatic rings. The average Bonchev–Trinajstić information content (AvgIpc) is 2.92. The van der Waals surface area contributed by atoms with E-state index in [1.165, 1.54) is 0 Å². The predicted molar refractivity (Wildman–Crippen MR) is 85.0 cm³/mol. The second kappa shape index (κ2) is 5.49. The van der Waals surface area contributed by atoms with Crippen molar-refractivity contribution in [1.82, 2.24) is 14.8 Å². The number of rotatable bonds is 3. The van der Waals surface area contributed by atoms with Crippen molar-refractivity contribution in [2.24, 2.45) is 0 Å². The van der Waals surface area contributed by atoms with Crippen LogP contribution < -0.4 is 10.5 Å². The normalized spacial score (nSPS) is 10.4. The summed E-state index contributed by atoms with van der Waals surface area (Å²) in [6, 6.07) is 15.5. The smallest absolute Gasteiger partial charge is 0.341 e. The first-order chi connectivity index (χ1) is 9.72. The summed E-state index contributed by atoms with van der Waals surface area (Å²) in [5.74, 6) is 0.552. The summed E-state index contributed by atoms with van der Waals surface area (Å²) in [6.07, 6.45) is 1.60. The lowest BCUT2D eigenvalue weighted by molar-refractivity contribution is 0.443. The molecule has 20 heavy (non-hydrogen) atoms. The molecule has 0 saturated carbocycles. The minimum Gasteiger partial charge on any atom is -0.421 e. The molecular weight excluding hydrogens is 367 g/mol. The van der Waals surface area contributed by atoms with Crippen molar-refractivity contribution >= 4 is 28.3 Å². The molecule has 1 aromatic heterocycles. The number of hydrogen-bond donors (Lipinski definition) is 1. The molecule has 0 amide bonds. The van der Waals surface area contributed by atoms with Gasteiger partial charge in [-0.2, -0.15) is 4.98 Å². The molecule has 100 valence electrons. The first-order valence-electron chi connectivity index (χ1n) is 5.92. The summed E-state index contributed by atoms with van der Waals surface area (Å²) in [7, 11) is 0. The summed E-state index contributed by atoms with van der Waals surface area (Å²) in [5.41, 5.74) is 7.38. The van der Waals surface area contributed by atoms with E-state index in [4.69, 9.17) is 10.5 Å². The van der Waals surface area contributed by atoms with E-state index < -0.39 is 0 Å². The highest BCUT2D eigenvalue weighted by molar-refractivity contribution is 14.1. The maximum absolute atomic E-state index is 5.89. The van der Waals surface area contributed by atoms with Crippen LogP contribution in [0.5, 0.6) is 11.8 Å². The number of aromatic nitrogens is 3. The lowest BCUT2D eigenvalue weighted by atomic mass is 10.3. The summed E-state index contributed by atoms with van der Waals surface area (Å²) >= 11 is 2.19. The van der Waals surface area contributed by atoms with E-state index in [0.29, 0.717) is 11.4 Å². The predicted octanol–water partition coefficient (Wildman–Crippen LogP) is 3.25. The molecule has 0 saturated heterocycles. The van der Waals surface area contributed by atoms with Crippen LogP contribution in [-0.4, -0.2) is 14.8 Å².